The summed E-state index contributed by atoms with van der Waals surface area (Å²) in [5.41, 5.74) is 2.34. The maximum atomic E-state index is 12.0. The van der Waals surface area contributed by atoms with E-state index in [0.29, 0.717) is 12.1 Å². The summed E-state index contributed by atoms with van der Waals surface area (Å²) in [5, 5.41) is 5.91. The summed E-state index contributed by atoms with van der Waals surface area (Å²) >= 11 is 0. The third-order valence-corrected chi connectivity index (χ3v) is 3.45. The predicted octanol–water partition coefficient (Wildman–Crippen LogP) is 3.20. The van der Waals surface area contributed by atoms with Crippen LogP contribution < -0.4 is 10.6 Å². The van der Waals surface area contributed by atoms with Crippen LogP contribution in [-0.2, 0) is 9.53 Å². The number of rotatable bonds is 6. The SMILES string of the molecule is CCC(Nc1ccc(NC(=O)c2ccco2)c(C)c1)C(=O)OC. The number of furan rings is 1. The van der Waals surface area contributed by atoms with Gasteiger partial charge in [-0.3, -0.25) is 4.79 Å². The molecule has 0 saturated heterocycles. The highest BCUT2D eigenvalue weighted by atomic mass is 16.5. The summed E-state index contributed by atoms with van der Waals surface area (Å²) < 4.78 is 9.82. The maximum absolute atomic E-state index is 12.0. The highest BCUT2D eigenvalue weighted by molar-refractivity contribution is 6.02. The molecule has 1 aromatic carbocycles. The first-order chi connectivity index (χ1) is 11.0. The Labute approximate surface area is 134 Å². The van der Waals surface area contributed by atoms with Crippen molar-refractivity contribution in [3.63, 3.8) is 0 Å². The second-order valence-corrected chi connectivity index (χ2v) is 5.09. The predicted molar refractivity (Wildman–Crippen MR) is 87.6 cm³/mol. The van der Waals surface area contributed by atoms with Crippen molar-refractivity contribution in [2.24, 2.45) is 0 Å². The molecule has 0 aliphatic heterocycles. The van der Waals surface area contributed by atoms with Gasteiger partial charge in [0.1, 0.15) is 6.04 Å². The van der Waals surface area contributed by atoms with Crippen LogP contribution in [-0.4, -0.2) is 25.0 Å². The lowest BCUT2D eigenvalue weighted by Gasteiger charge is -2.17. The molecule has 0 fully saturated rings. The van der Waals surface area contributed by atoms with Crippen molar-refractivity contribution < 1.29 is 18.7 Å². The van der Waals surface area contributed by atoms with E-state index in [0.717, 1.165) is 11.3 Å². The van der Waals surface area contributed by atoms with Crippen molar-refractivity contribution in [1.82, 2.24) is 0 Å². The van der Waals surface area contributed by atoms with E-state index in [1.807, 2.05) is 19.9 Å². The highest BCUT2D eigenvalue weighted by Gasteiger charge is 2.17. The molecule has 1 atom stereocenters. The van der Waals surface area contributed by atoms with Crippen LogP contribution in [0.5, 0.6) is 0 Å². The molecule has 2 N–H and O–H groups in total. The summed E-state index contributed by atoms with van der Waals surface area (Å²) in [5.74, 6) is -0.358. The number of esters is 1. The molecule has 0 saturated carbocycles. The average molecular weight is 316 g/mol. The zero-order valence-corrected chi connectivity index (χ0v) is 13.4. The van der Waals surface area contributed by atoms with Crippen molar-refractivity contribution >= 4 is 23.3 Å². The molecule has 1 unspecified atom stereocenters. The van der Waals surface area contributed by atoms with Gasteiger partial charge in [-0.15, -0.1) is 0 Å². The molecule has 1 amide bonds. The van der Waals surface area contributed by atoms with E-state index in [9.17, 15) is 9.59 Å². The topological polar surface area (TPSA) is 80.6 Å². The minimum absolute atomic E-state index is 0.253. The number of aryl methyl sites for hydroxylation is 1. The third kappa shape index (κ3) is 4.12. The van der Waals surface area contributed by atoms with Crippen molar-refractivity contribution in [2.75, 3.05) is 17.7 Å². The molecule has 2 aromatic rings. The molecule has 0 bridgehead atoms. The van der Waals surface area contributed by atoms with Gasteiger partial charge in [0.25, 0.3) is 5.91 Å². The van der Waals surface area contributed by atoms with Gasteiger partial charge in [-0.2, -0.15) is 0 Å². The molecule has 6 heteroatoms. The number of hydrogen-bond donors (Lipinski definition) is 2. The van der Waals surface area contributed by atoms with Gasteiger partial charge in [-0.25, -0.2) is 4.79 Å². The van der Waals surface area contributed by atoms with Gasteiger partial charge < -0.3 is 19.8 Å². The van der Waals surface area contributed by atoms with Crippen LogP contribution >= 0.6 is 0 Å². The van der Waals surface area contributed by atoms with Gasteiger partial charge >= 0.3 is 5.97 Å². The number of hydrogen-bond acceptors (Lipinski definition) is 5. The average Bonchev–Trinajstić information content (AvgIpc) is 3.08. The molecule has 6 nitrogen and oxygen atoms in total. The molecule has 2 rings (SSSR count). The van der Waals surface area contributed by atoms with Crippen molar-refractivity contribution in [2.45, 2.75) is 26.3 Å². The Bertz CT molecular complexity index is 680. The monoisotopic (exact) mass is 316 g/mol. The van der Waals surface area contributed by atoms with Gasteiger partial charge in [0, 0.05) is 11.4 Å². The van der Waals surface area contributed by atoms with Gasteiger partial charge in [0.15, 0.2) is 5.76 Å². The van der Waals surface area contributed by atoms with Crippen LogP contribution in [0.2, 0.25) is 0 Å². The number of ether oxygens (including phenoxy) is 1. The molecule has 122 valence electrons. The number of methoxy groups -OCH3 is 1. The van der Waals surface area contributed by atoms with E-state index in [1.54, 1.807) is 24.3 Å². The van der Waals surface area contributed by atoms with Gasteiger partial charge in [0.2, 0.25) is 0 Å². The quantitative estimate of drug-likeness (QED) is 0.800. The first-order valence-corrected chi connectivity index (χ1v) is 7.35. The summed E-state index contributed by atoms with van der Waals surface area (Å²) in [4.78, 5) is 23.6. The number of anilines is 2. The number of benzene rings is 1. The number of nitrogens with one attached hydrogen (secondary N) is 2. The molecule has 1 heterocycles. The highest BCUT2D eigenvalue weighted by Crippen LogP contribution is 2.21. The number of carbonyl (C=O) groups is 2. The first-order valence-electron chi connectivity index (χ1n) is 7.35. The lowest BCUT2D eigenvalue weighted by molar-refractivity contribution is -0.141. The van der Waals surface area contributed by atoms with Crippen LogP contribution in [0.1, 0.15) is 29.5 Å². The van der Waals surface area contributed by atoms with Gasteiger partial charge in [0.05, 0.1) is 13.4 Å². The van der Waals surface area contributed by atoms with Gasteiger partial charge in [-0.05, 0) is 49.2 Å². The Morgan fingerprint density at radius 2 is 2.09 bits per heavy atom. The number of amides is 1. The lowest BCUT2D eigenvalue weighted by atomic mass is 10.1. The Hall–Kier alpha value is -2.76. The smallest absolute Gasteiger partial charge is 0.328 e. The second kappa shape index (κ2) is 7.49. The molecule has 0 spiro atoms. The second-order valence-electron chi connectivity index (χ2n) is 5.09. The fourth-order valence-corrected chi connectivity index (χ4v) is 2.16. The maximum Gasteiger partial charge on any atom is 0.328 e. The zero-order valence-electron chi connectivity index (χ0n) is 13.4. The first kappa shape index (κ1) is 16.6. The van der Waals surface area contributed by atoms with Crippen molar-refractivity contribution in [1.29, 1.82) is 0 Å². The molecule has 1 aromatic heterocycles. The van der Waals surface area contributed by atoms with E-state index in [1.165, 1.54) is 13.4 Å². The molecule has 0 radical (unpaired) electrons. The molecular formula is C17H20N2O4. The Morgan fingerprint density at radius 3 is 2.65 bits per heavy atom. The minimum Gasteiger partial charge on any atom is -0.467 e. The van der Waals surface area contributed by atoms with E-state index in [2.05, 4.69) is 10.6 Å². The van der Waals surface area contributed by atoms with Crippen LogP contribution in [0, 0.1) is 6.92 Å². The van der Waals surface area contributed by atoms with Crippen LogP contribution in [0.25, 0.3) is 0 Å². The Balaban J connectivity index is 2.08. The molecular weight excluding hydrogens is 296 g/mol. The van der Waals surface area contributed by atoms with Crippen molar-refractivity contribution in [3.8, 4) is 0 Å². The van der Waals surface area contributed by atoms with E-state index in [4.69, 9.17) is 9.15 Å². The summed E-state index contributed by atoms with van der Waals surface area (Å²) in [7, 11) is 1.37. The summed E-state index contributed by atoms with van der Waals surface area (Å²) in [6.07, 6.45) is 2.06. The molecule has 23 heavy (non-hydrogen) atoms. The lowest BCUT2D eigenvalue weighted by Crippen LogP contribution is -2.29. The van der Waals surface area contributed by atoms with Gasteiger partial charge in [-0.1, -0.05) is 6.92 Å². The largest absolute Gasteiger partial charge is 0.467 e. The Kier molecular flexibility index (Phi) is 5.41. The Morgan fingerprint density at radius 1 is 1.30 bits per heavy atom. The third-order valence-electron chi connectivity index (χ3n) is 3.45. The van der Waals surface area contributed by atoms with E-state index < -0.39 is 6.04 Å². The summed E-state index contributed by atoms with van der Waals surface area (Å²) in [6, 6.07) is 8.31. The standard InChI is InChI=1S/C17H20N2O4/c1-4-13(17(21)22-3)18-12-7-8-14(11(2)10-12)19-16(20)15-6-5-9-23-15/h5-10,13,18H,4H2,1-3H3,(H,19,20). The van der Waals surface area contributed by atoms with Crippen molar-refractivity contribution in [3.05, 3.63) is 47.9 Å². The summed E-state index contributed by atoms with van der Waals surface area (Å²) in [6.45, 7) is 3.78. The fourth-order valence-electron chi connectivity index (χ4n) is 2.16. The minimum atomic E-state index is -0.400. The van der Waals surface area contributed by atoms with Crippen LogP contribution in [0.3, 0.4) is 0 Å². The van der Waals surface area contributed by atoms with Crippen LogP contribution in [0.4, 0.5) is 11.4 Å². The number of carbonyl (C=O) groups excluding carboxylic acids is 2. The zero-order chi connectivity index (χ0) is 16.8. The van der Waals surface area contributed by atoms with E-state index >= 15 is 0 Å². The molecule has 0 aliphatic carbocycles. The fraction of sp³-hybridized carbons (Fsp3) is 0.294. The van der Waals surface area contributed by atoms with Crippen LogP contribution in [0.15, 0.2) is 41.0 Å². The normalized spacial score (nSPS) is 11.6. The van der Waals surface area contributed by atoms with E-state index in [-0.39, 0.29) is 17.6 Å². The molecule has 0 aliphatic rings.